The van der Waals surface area contributed by atoms with Gasteiger partial charge >= 0.3 is 0 Å². The van der Waals surface area contributed by atoms with Crippen molar-refractivity contribution in [3.05, 3.63) is 64.7 Å². The minimum Gasteiger partial charge on any atom is -0.497 e. The van der Waals surface area contributed by atoms with Crippen LogP contribution in [0.15, 0.2) is 48.5 Å². The van der Waals surface area contributed by atoms with Gasteiger partial charge in [0.25, 0.3) is 0 Å². The standard InChI is InChI=1S/C17H15ClO2/c1-20-14-8-4-12(5-9-14)17(19)16-10-15(16)11-2-6-13(18)7-3-11/h2-9,15-16H,10H2,1H3/t15-,16-/m0/s1. The summed E-state index contributed by atoms with van der Waals surface area (Å²) in [6.07, 6.45) is 0.923. The van der Waals surface area contributed by atoms with Crippen LogP contribution in [0, 0.1) is 5.92 Å². The first-order valence-electron chi connectivity index (χ1n) is 6.63. The molecule has 2 nitrogen and oxygen atoms in total. The van der Waals surface area contributed by atoms with E-state index in [0.29, 0.717) is 5.92 Å². The summed E-state index contributed by atoms with van der Waals surface area (Å²) < 4.78 is 5.10. The molecule has 0 spiro atoms. The zero-order valence-electron chi connectivity index (χ0n) is 11.2. The van der Waals surface area contributed by atoms with E-state index in [2.05, 4.69) is 0 Å². The van der Waals surface area contributed by atoms with Gasteiger partial charge in [0.15, 0.2) is 5.78 Å². The van der Waals surface area contributed by atoms with Crippen LogP contribution in [0.4, 0.5) is 0 Å². The number of Topliss-reactive ketones (excluding diaryl/α,β-unsaturated/α-hetero) is 1. The fraction of sp³-hybridized carbons (Fsp3) is 0.235. The lowest BCUT2D eigenvalue weighted by atomic mass is 10.0. The summed E-state index contributed by atoms with van der Waals surface area (Å²) in [5.41, 5.74) is 1.95. The number of rotatable bonds is 4. The van der Waals surface area contributed by atoms with Crippen LogP contribution in [0.3, 0.4) is 0 Å². The van der Waals surface area contributed by atoms with E-state index in [-0.39, 0.29) is 11.7 Å². The second-order valence-corrected chi connectivity index (χ2v) is 5.53. The molecule has 0 radical (unpaired) electrons. The quantitative estimate of drug-likeness (QED) is 0.782. The zero-order chi connectivity index (χ0) is 14.1. The van der Waals surface area contributed by atoms with Gasteiger partial charge in [-0.25, -0.2) is 0 Å². The maximum Gasteiger partial charge on any atom is 0.166 e. The van der Waals surface area contributed by atoms with E-state index >= 15 is 0 Å². The summed E-state index contributed by atoms with van der Waals surface area (Å²) in [4.78, 5) is 12.4. The SMILES string of the molecule is COc1ccc(C(=O)[C@H]2C[C@H]2c2ccc(Cl)cc2)cc1. The molecular weight excluding hydrogens is 272 g/mol. The number of carbonyl (C=O) groups excluding carboxylic acids is 1. The van der Waals surface area contributed by atoms with E-state index in [0.717, 1.165) is 22.8 Å². The van der Waals surface area contributed by atoms with Crippen molar-refractivity contribution < 1.29 is 9.53 Å². The molecule has 0 aromatic heterocycles. The number of hydrogen-bond acceptors (Lipinski definition) is 2. The average molecular weight is 287 g/mol. The Balaban J connectivity index is 1.71. The van der Waals surface area contributed by atoms with E-state index in [9.17, 15) is 4.79 Å². The summed E-state index contributed by atoms with van der Waals surface area (Å²) >= 11 is 5.88. The molecule has 1 fully saturated rings. The van der Waals surface area contributed by atoms with Gasteiger partial charge in [0, 0.05) is 16.5 Å². The van der Waals surface area contributed by atoms with E-state index in [1.807, 2.05) is 48.5 Å². The van der Waals surface area contributed by atoms with Gasteiger partial charge in [-0.1, -0.05) is 23.7 Å². The lowest BCUT2D eigenvalue weighted by Crippen LogP contribution is -2.03. The first kappa shape index (κ1) is 13.2. The number of halogens is 1. The van der Waals surface area contributed by atoms with Crippen molar-refractivity contribution >= 4 is 17.4 Å². The van der Waals surface area contributed by atoms with Crippen LogP contribution in [0.1, 0.15) is 28.3 Å². The summed E-state index contributed by atoms with van der Waals surface area (Å²) in [5, 5.41) is 0.729. The van der Waals surface area contributed by atoms with Gasteiger partial charge < -0.3 is 4.74 Å². The average Bonchev–Trinajstić information content (AvgIpc) is 3.28. The Morgan fingerprint density at radius 2 is 1.75 bits per heavy atom. The smallest absolute Gasteiger partial charge is 0.166 e. The molecule has 3 rings (SSSR count). The van der Waals surface area contributed by atoms with Crippen molar-refractivity contribution in [2.45, 2.75) is 12.3 Å². The molecule has 1 aliphatic rings. The van der Waals surface area contributed by atoms with Crippen LogP contribution >= 0.6 is 11.6 Å². The van der Waals surface area contributed by atoms with Crippen molar-refractivity contribution in [3.63, 3.8) is 0 Å². The Morgan fingerprint density at radius 1 is 1.10 bits per heavy atom. The minimum absolute atomic E-state index is 0.101. The number of benzene rings is 2. The summed E-state index contributed by atoms with van der Waals surface area (Å²) in [7, 11) is 1.62. The summed E-state index contributed by atoms with van der Waals surface area (Å²) in [5.74, 6) is 1.42. The molecule has 20 heavy (non-hydrogen) atoms. The Morgan fingerprint density at radius 3 is 2.35 bits per heavy atom. The van der Waals surface area contributed by atoms with Crippen LogP contribution in [0.25, 0.3) is 0 Å². The number of hydrogen-bond donors (Lipinski definition) is 0. The maximum atomic E-state index is 12.4. The number of ketones is 1. The Bertz CT molecular complexity index is 616. The highest BCUT2D eigenvalue weighted by Crippen LogP contribution is 2.49. The predicted octanol–water partition coefficient (Wildman–Crippen LogP) is 4.34. The Hall–Kier alpha value is -1.80. The van der Waals surface area contributed by atoms with Crippen molar-refractivity contribution in [1.82, 2.24) is 0 Å². The largest absolute Gasteiger partial charge is 0.497 e. The molecular formula is C17H15ClO2. The number of methoxy groups -OCH3 is 1. The molecule has 0 aliphatic heterocycles. The number of carbonyl (C=O) groups is 1. The number of ether oxygens (including phenoxy) is 1. The van der Waals surface area contributed by atoms with Crippen LogP contribution in [0.5, 0.6) is 5.75 Å². The van der Waals surface area contributed by atoms with Crippen LogP contribution in [-0.2, 0) is 0 Å². The third kappa shape index (κ3) is 2.56. The second-order valence-electron chi connectivity index (χ2n) is 5.09. The first-order valence-corrected chi connectivity index (χ1v) is 7.00. The lowest BCUT2D eigenvalue weighted by molar-refractivity contribution is 0.0965. The van der Waals surface area contributed by atoms with Crippen LogP contribution in [0.2, 0.25) is 5.02 Å². The molecule has 0 bridgehead atoms. The Labute approximate surface area is 123 Å². The van der Waals surface area contributed by atoms with Crippen molar-refractivity contribution in [1.29, 1.82) is 0 Å². The molecule has 0 unspecified atom stereocenters. The van der Waals surface area contributed by atoms with Gasteiger partial charge in [0.2, 0.25) is 0 Å². The highest BCUT2D eigenvalue weighted by Gasteiger charge is 2.43. The van der Waals surface area contributed by atoms with Gasteiger partial charge in [0.05, 0.1) is 7.11 Å². The second kappa shape index (κ2) is 5.29. The predicted molar refractivity (Wildman–Crippen MR) is 79.6 cm³/mol. The molecule has 0 saturated heterocycles. The van der Waals surface area contributed by atoms with Gasteiger partial charge in [-0.3, -0.25) is 4.79 Å². The summed E-state index contributed by atoms with van der Waals surface area (Å²) in [6, 6.07) is 15.1. The fourth-order valence-electron chi connectivity index (χ4n) is 2.53. The van der Waals surface area contributed by atoms with E-state index in [1.54, 1.807) is 7.11 Å². The van der Waals surface area contributed by atoms with E-state index in [4.69, 9.17) is 16.3 Å². The topological polar surface area (TPSA) is 26.3 Å². The molecule has 0 N–H and O–H groups in total. The third-order valence-corrected chi connectivity index (χ3v) is 4.05. The van der Waals surface area contributed by atoms with Gasteiger partial charge in [-0.15, -0.1) is 0 Å². The molecule has 1 aliphatic carbocycles. The van der Waals surface area contributed by atoms with Gasteiger partial charge in [-0.05, 0) is 54.3 Å². The fourth-order valence-corrected chi connectivity index (χ4v) is 2.66. The Kier molecular flexibility index (Phi) is 3.49. The highest BCUT2D eigenvalue weighted by molar-refractivity contribution is 6.30. The van der Waals surface area contributed by atoms with E-state index < -0.39 is 0 Å². The summed E-state index contributed by atoms with van der Waals surface area (Å²) in [6.45, 7) is 0. The monoisotopic (exact) mass is 286 g/mol. The molecule has 2 aromatic carbocycles. The van der Waals surface area contributed by atoms with Crippen molar-refractivity contribution in [3.8, 4) is 5.75 Å². The molecule has 2 aromatic rings. The van der Waals surface area contributed by atoms with Crippen LogP contribution in [-0.4, -0.2) is 12.9 Å². The van der Waals surface area contributed by atoms with Gasteiger partial charge in [-0.2, -0.15) is 0 Å². The lowest BCUT2D eigenvalue weighted by Gasteiger charge is -2.03. The zero-order valence-corrected chi connectivity index (χ0v) is 11.9. The maximum absolute atomic E-state index is 12.4. The van der Waals surface area contributed by atoms with Gasteiger partial charge in [0.1, 0.15) is 5.75 Å². The molecule has 2 atom stereocenters. The third-order valence-electron chi connectivity index (χ3n) is 3.80. The highest BCUT2D eigenvalue weighted by atomic mass is 35.5. The normalized spacial score (nSPS) is 20.5. The van der Waals surface area contributed by atoms with Crippen LogP contribution < -0.4 is 4.74 Å². The molecule has 102 valence electrons. The molecule has 3 heteroatoms. The van der Waals surface area contributed by atoms with Crippen molar-refractivity contribution in [2.24, 2.45) is 5.92 Å². The van der Waals surface area contributed by atoms with E-state index in [1.165, 1.54) is 5.56 Å². The molecule has 1 saturated carbocycles. The molecule has 0 heterocycles. The molecule has 0 amide bonds. The van der Waals surface area contributed by atoms with Crippen molar-refractivity contribution in [2.75, 3.05) is 7.11 Å². The minimum atomic E-state index is 0.101. The first-order chi connectivity index (χ1) is 9.69.